The monoisotopic (exact) mass is 329 g/mol. The minimum Gasteiger partial charge on any atom is -0.493 e. The molecular formula is C20H27NO3. The number of hydrogen-bond acceptors (Lipinski definition) is 3. The van der Waals surface area contributed by atoms with Crippen molar-refractivity contribution in [2.75, 3.05) is 7.11 Å². The molecule has 130 valence electrons. The van der Waals surface area contributed by atoms with Crippen LogP contribution in [0.4, 0.5) is 0 Å². The second-order valence-electron chi connectivity index (χ2n) is 6.76. The first kappa shape index (κ1) is 16.9. The highest BCUT2D eigenvalue weighted by Gasteiger charge is 2.19. The minimum atomic E-state index is 0.108. The van der Waals surface area contributed by atoms with E-state index in [1.54, 1.807) is 7.11 Å². The topological polar surface area (TPSA) is 47.6 Å². The zero-order valence-electron chi connectivity index (χ0n) is 14.4. The normalized spacial score (nSPS) is 20.3. The van der Waals surface area contributed by atoms with Crippen molar-refractivity contribution in [1.29, 1.82) is 0 Å². The summed E-state index contributed by atoms with van der Waals surface area (Å²) in [5, 5.41) is 3.00. The van der Waals surface area contributed by atoms with E-state index in [0.717, 1.165) is 42.7 Å². The molecule has 1 atom stereocenters. The lowest BCUT2D eigenvalue weighted by atomic mass is 10.1. The lowest BCUT2D eigenvalue weighted by molar-refractivity contribution is -0.121. The Morgan fingerprint density at radius 1 is 1.21 bits per heavy atom. The zero-order chi connectivity index (χ0) is 16.8. The summed E-state index contributed by atoms with van der Waals surface area (Å²) in [6.45, 7) is 0.523. The largest absolute Gasteiger partial charge is 0.493 e. The molecule has 2 aliphatic carbocycles. The number of hydrogen-bond donors (Lipinski definition) is 1. The van der Waals surface area contributed by atoms with Crippen molar-refractivity contribution in [1.82, 2.24) is 5.32 Å². The Balaban J connectivity index is 1.53. The van der Waals surface area contributed by atoms with Gasteiger partial charge < -0.3 is 14.8 Å². The number of amides is 1. The van der Waals surface area contributed by atoms with E-state index in [-0.39, 0.29) is 5.91 Å². The van der Waals surface area contributed by atoms with E-state index >= 15 is 0 Å². The maximum Gasteiger partial charge on any atom is 0.220 e. The van der Waals surface area contributed by atoms with Gasteiger partial charge >= 0.3 is 0 Å². The molecule has 0 spiro atoms. The van der Waals surface area contributed by atoms with Crippen LogP contribution in [0.2, 0.25) is 0 Å². The molecule has 0 radical (unpaired) electrons. The number of nitrogens with one attached hydrogen (secondary N) is 1. The number of carbonyl (C=O) groups excluding carboxylic acids is 1. The van der Waals surface area contributed by atoms with Crippen LogP contribution in [-0.4, -0.2) is 19.1 Å². The van der Waals surface area contributed by atoms with Crippen LogP contribution >= 0.6 is 0 Å². The van der Waals surface area contributed by atoms with E-state index in [1.165, 1.54) is 12.8 Å². The van der Waals surface area contributed by atoms with E-state index in [0.29, 0.717) is 25.0 Å². The molecule has 2 aliphatic rings. The fraction of sp³-hybridized carbons (Fsp3) is 0.550. The van der Waals surface area contributed by atoms with Gasteiger partial charge in [0.25, 0.3) is 0 Å². The van der Waals surface area contributed by atoms with Gasteiger partial charge in [0.15, 0.2) is 11.5 Å². The van der Waals surface area contributed by atoms with Crippen LogP contribution in [0, 0.1) is 5.92 Å². The standard InChI is InChI=1S/C20H27NO3/c1-23-19-12-16(10-11-18(19)24-17-8-4-5-9-17)14-21-20(22)13-15-6-2-3-7-15/h2,6,10-12,15,17H,3-5,7-9,13-14H2,1H3,(H,21,22)/t15-/m1/s1. The molecule has 1 aromatic carbocycles. The third-order valence-electron chi connectivity index (χ3n) is 4.87. The quantitative estimate of drug-likeness (QED) is 0.770. The molecule has 1 N–H and O–H groups in total. The van der Waals surface area contributed by atoms with Gasteiger partial charge in [0, 0.05) is 13.0 Å². The molecule has 0 unspecified atom stereocenters. The van der Waals surface area contributed by atoms with Crippen molar-refractivity contribution in [3.8, 4) is 11.5 Å². The highest BCUT2D eigenvalue weighted by atomic mass is 16.5. The van der Waals surface area contributed by atoms with Crippen molar-refractivity contribution in [3.05, 3.63) is 35.9 Å². The average Bonchev–Trinajstić information content (AvgIpc) is 3.28. The summed E-state index contributed by atoms with van der Waals surface area (Å²) >= 11 is 0. The molecule has 0 aromatic heterocycles. The molecule has 3 rings (SSSR count). The Kier molecular flexibility index (Phi) is 5.78. The number of carbonyl (C=O) groups is 1. The highest BCUT2D eigenvalue weighted by Crippen LogP contribution is 2.32. The van der Waals surface area contributed by atoms with Crippen LogP contribution in [0.3, 0.4) is 0 Å². The van der Waals surface area contributed by atoms with E-state index in [2.05, 4.69) is 17.5 Å². The van der Waals surface area contributed by atoms with E-state index in [9.17, 15) is 4.79 Å². The first-order chi connectivity index (χ1) is 11.7. The van der Waals surface area contributed by atoms with Crippen LogP contribution in [0.15, 0.2) is 30.4 Å². The minimum absolute atomic E-state index is 0.108. The number of ether oxygens (including phenoxy) is 2. The summed E-state index contributed by atoms with van der Waals surface area (Å²) < 4.78 is 11.5. The van der Waals surface area contributed by atoms with Gasteiger partial charge in [0.05, 0.1) is 13.2 Å². The molecular weight excluding hydrogens is 302 g/mol. The van der Waals surface area contributed by atoms with Crippen LogP contribution in [-0.2, 0) is 11.3 Å². The molecule has 1 fully saturated rings. The summed E-state index contributed by atoms with van der Waals surface area (Å²) in [5.41, 5.74) is 1.03. The molecule has 1 amide bonds. The van der Waals surface area contributed by atoms with Crippen LogP contribution in [0.1, 0.15) is 50.5 Å². The Bertz CT molecular complexity index is 591. The maximum absolute atomic E-state index is 12.0. The van der Waals surface area contributed by atoms with Crippen molar-refractivity contribution in [2.24, 2.45) is 5.92 Å². The van der Waals surface area contributed by atoms with Gasteiger partial charge in [0.1, 0.15) is 0 Å². The Labute approximate surface area is 144 Å². The second-order valence-corrected chi connectivity index (χ2v) is 6.76. The van der Waals surface area contributed by atoms with Crippen molar-refractivity contribution >= 4 is 5.91 Å². The summed E-state index contributed by atoms with van der Waals surface area (Å²) in [7, 11) is 1.66. The third kappa shape index (κ3) is 4.53. The fourth-order valence-electron chi connectivity index (χ4n) is 3.48. The van der Waals surface area contributed by atoms with Crippen LogP contribution < -0.4 is 14.8 Å². The van der Waals surface area contributed by atoms with Crippen LogP contribution in [0.25, 0.3) is 0 Å². The maximum atomic E-state index is 12.0. The molecule has 0 heterocycles. The second kappa shape index (κ2) is 8.22. The number of benzene rings is 1. The first-order valence-electron chi connectivity index (χ1n) is 9.01. The summed E-state index contributed by atoms with van der Waals surface area (Å²) in [5.74, 6) is 2.06. The van der Waals surface area contributed by atoms with Gasteiger partial charge in [-0.2, -0.15) is 0 Å². The van der Waals surface area contributed by atoms with Gasteiger partial charge in [-0.1, -0.05) is 18.2 Å². The Morgan fingerprint density at radius 3 is 2.75 bits per heavy atom. The Morgan fingerprint density at radius 2 is 2.04 bits per heavy atom. The van der Waals surface area contributed by atoms with Crippen molar-refractivity contribution in [3.63, 3.8) is 0 Å². The molecule has 4 nitrogen and oxygen atoms in total. The SMILES string of the molecule is COc1cc(CNC(=O)C[C@@H]2C=CCC2)ccc1OC1CCCC1. The van der Waals surface area contributed by atoms with Gasteiger partial charge in [-0.15, -0.1) is 0 Å². The van der Waals surface area contributed by atoms with Crippen molar-refractivity contribution in [2.45, 2.75) is 57.6 Å². The lowest BCUT2D eigenvalue weighted by Crippen LogP contribution is -2.24. The molecule has 1 aromatic rings. The smallest absolute Gasteiger partial charge is 0.220 e. The number of methoxy groups -OCH3 is 1. The third-order valence-corrected chi connectivity index (χ3v) is 4.87. The molecule has 4 heteroatoms. The summed E-state index contributed by atoms with van der Waals surface area (Å²) in [6, 6.07) is 5.92. The van der Waals surface area contributed by atoms with E-state index in [1.807, 2.05) is 18.2 Å². The summed E-state index contributed by atoms with van der Waals surface area (Å²) in [6.07, 6.45) is 12.1. The van der Waals surface area contributed by atoms with Gasteiger partial charge in [-0.25, -0.2) is 0 Å². The molecule has 0 aliphatic heterocycles. The van der Waals surface area contributed by atoms with E-state index in [4.69, 9.17) is 9.47 Å². The predicted molar refractivity (Wildman–Crippen MR) is 94.2 cm³/mol. The van der Waals surface area contributed by atoms with Gasteiger partial charge in [-0.3, -0.25) is 4.79 Å². The predicted octanol–water partition coefficient (Wildman–Crippen LogP) is 3.99. The lowest BCUT2D eigenvalue weighted by Gasteiger charge is -2.17. The number of allylic oxidation sites excluding steroid dienone is 2. The molecule has 0 bridgehead atoms. The molecule has 24 heavy (non-hydrogen) atoms. The Hall–Kier alpha value is -1.97. The van der Waals surface area contributed by atoms with Crippen LogP contribution in [0.5, 0.6) is 11.5 Å². The fourth-order valence-corrected chi connectivity index (χ4v) is 3.48. The molecule has 1 saturated carbocycles. The molecule has 0 saturated heterocycles. The van der Waals surface area contributed by atoms with Gasteiger partial charge in [0.2, 0.25) is 5.91 Å². The van der Waals surface area contributed by atoms with Crippen molar-refractivity contribution < 1.29 is 14.3 Å². The first-order valence-corrected chi connectivity index (χ1v) is 9.01. The van der Waals surface area contributed by atoms with E-state index < -0.39 is 0 Å². The highest BCUT2D eigenvalue weighted by molar-refractivity contribution is 5.76. The number of rotatable bonds is 7. The van der Waals surface area contributed by atoms with Gasteiger partial charge in [-0.05, 0) is 62.1 Å². The average molecular weight is 329 g/mol. The summed E-state index contributed by atoms with van der Waals surface area (Å²) in [4.78, 5) is 12.0. The zero-order valence-corrected chi connectivity index (χ0v) is 14.4.